The molecule has 0 amide bonds. The molecule has 0 aromatic carbocycles. The van der Waals surface area contributed by atoms with Crippen molar-refractivity contribution in [2.75, 3.05) is 18.9 Å². The highest BCUT2D eigenvalue weighted by Gasteiger charge is 2.34. The number of rotatable bonds is 11. The molecule has 0 aliphatic carbocycles. The van der Waals surface area contributed by atoms with Crippen molar-refractivity contribution in [2.45, 2.75) is 57.2 Å². The minimum absolute atomic E-state index is 0.222. The van der Waals surface area contributed by atoms with Gasteiger partial charge in [0.15, 0.2) is 0 Å². The monoisotopic (exact) mass is 277 g/mol. The van der Waals surface area contributed by atoms with Crippen LogP contribution in [0.4, 0.5) is 0 Å². The summed E-state index contributed by atoms with van der Waals surface area (Å²) in [6.07, 6.45) is 2.95. The summed E-state index contributed by atoms with van der Waals surface area (Å²) in [4.78, 5) is 11.4. The molecule has 0 aromatic heterocycles. The van der Waals surface area contributed by atoms with Gasteiger partial charge in [-0.15, -0.1) is 0 Å². The van der Waals surface area contributed by atoms with Gasteiger partial charge < -0.3 is 15.5 Å². The van der Waals surface area contributed by atoms with E-state index in [9.17, 15) is 9.90 Å². The number of likely N-dealkylation sites (N-methyl/N-ethyl adjacent to an activating group) is 1. The van der Waals surface area contributed by atoms with E-state index >= 15 is 0 Å². The molecule has 18 heavy (non-hydrogen) atoms. The lowest BCUT2D eigenvalue weighted by atomic mass is 9.91. The zero-order chi connectivity index (χ0) is 14.0. The standard InChI is InChI=1S/C13H27NO3S/c1-4-13(12(16)17,14-5-2)8-6-10-18-11(3)7-9-15/h11,14-15H,4-10H2,1-3H3,(H,16,17). The Kier molecular flexibility index (Phi) is 9.50. The van der Waals surface area contributed by atoms with Gasteiger partial charge in [0.1, 0.15) is 5.54 Å². The van der Waals surface area contributed by atoms with E-state index in [-0.39, 0.29) is 6.61 Å². The summed E-state index contributed by atoms with van der Waals surface area (Å²) in [7, 11) is 0. The van der Waals surface area contributed by atoms with Gasteiger partial charge >= 0.3 is 5.97 Å². The molecule has 0 aliphatic rings. The summed E-state index contributed by atoms with van der Waals surface area (Å²) >= 11 is 1.80. The fraction of sp³-hybridized carbons (Fsp3) is 0.923. The molecule has 0 saturated carbocycles. The molecule has 2 unspecified atom stereocenters. The van der Waals surface area contributed by atoms with E-state index in [1.807, 2.05) is 13.8 Å². The highest BCUT2D eigenvalue weighted by atomic mass is 32.2. The van der Waals surface area contributed by atoms with Crippen molar-refractivity contribution in [1.29, 1.82) is 0 Å². The van der Waals surface area contributed by atoms with Crippen LogP contribution >= 0.6 is 11.8 Å². The molecule has 0 spiro atoms. The van der Waals surface area contributed by atoms with Crippen LogP contribution in [0.2, 0.25) is 0 Å². The first-order valence-electron chi connectivity index (χ1n) is 6.73. The maximum absolute atomic E-state index is 11.4. The molecule has 0 heterocycles. The minimum Gasteiger partial charge on any atom is -0.480 e. The van der Waals surface area contributed by atoms with E-state index in [2.05, 4.69) is 12.2 Å². The number of carbonyl (C=O) groups is 1. The Morgan fingerprint density at radius 2 is 2.11 bits per heavy atom. The molecule has 0 fully saturated rings. The topological polar surface area (TPSA) is 69.6 Å². The molecule has 0 rings (SSSR count). The summed E-state index contributed by atoms with van der Waals surface area (Å²) < 4.78 is 0. The van der Waals surface area contributed by atoms with E-state index < -0.39 is 11.5 Å². The maximum atomic E-state index is 11.4. The van der Waals surface area contributed by atoms with Gasteiger partial charge in [-0.05, 0) is 38.0 Å². The molecule has 108 valence electrons. The van der Waals surface area contributed by atoms with Crippen LogP contribution in [0.5, 0.6) is 0 Å². The number of carboxylic acids is 1. The summed E-state index contributed by atoms with van der Waals surface area (Å²) in [6.45, 7) is 6.84. The van der Waals surface area contributed by atoms with Gasteiger partial charge in [-0.3, -0.25) is 4.79 Å². The van der Waals surface area contributed by atoms with Gasteiger partial charge in [0.2, 0.25) is 0 Å². The van der Waals surface area contributed by atoms with Gasteiger partial charge in [0.05, 0.1) is 0 Å². The van der Waals surface area contributed by atoms with Crippen molar-refractivity contribution >= 4 is 17.7 Å². The predicted molar refractivity (Wildman–Crippen MR) is 77.2 cm³/mol. The lowest BCUT2D eigenvalue weighted by Gasteiger charge is -2.29. The number of aliphatic hydroxyl groups is 1. The third-order valence-electron chi connectivity index (χ3n) is 3.21. The molecule has 0 aromatic rings. The van der Waals surface area contributed by atoms with Gasteiger partial charge in [0.25, 0.3) is 0 Å². The van der Waals surface area contributed by atoms with Crippen LogP contribution in [0.15, 0.2) is 0 Å². The normalized spacial score (nSPS) is 16.2. The second-order valence-electron chi connectivity index (χ2n) is 4.57. The lowest BCUT2D eigenvalue weighted by Crippen LogP contribution is -2.51. The van der Waals surface area contributed by atoms with Crippen LogP contribution in [0, 0.1) is 0 Å². The Bertz CT molecular complexity index is 238. The summed E-state index contributed by atoms with van der Waals surface area (Å²) in [5.74, 6) is 0.196. The summed E-state index contributed by atoms with van der Waals surface area (Å²) in [5.41, 5.74) is -0.768. The number of thioether (sulfide) groups is 1. The first-order valence-corrected chi connectivity index (χ1v) is 7.78. The van der Waals surface area contributed by atoms with Crippen LogP contribution in [0.1, 0.15) is 46.5 Å². The van der Waals surface area contributed by atoms with Gasteiger partial charge in [-0.2, -0.15) is 11.8 Å². The van der Waals surface area contributed by atoms with Crippen molar-refractivity contribution in [1.82, 2.24) is 5.32 Å². The highest BCUT2D eigenvalue weighted by molar-refractivity contribution is 7.99. The molecular weight excluding hydrogens is 250 g/mol. The second-order valence-corrected chi connectivity index (χ2v) is 6.11. The van der Waals surface area contributed by atoms with Crippen molar-refractivity contribution < 1.29 is 15.0 Å². The van der Waals surface area contributed by atoms with Crippen molar-refractivity contribution in [3.63, 3.8) is 0 Å². The number of hydrogen-bond donors (Lipinski definition) is 3. The van der Waals surface area contributed by atoms with Crippen molar-refractivity contribution in [3.8, 4) is 0 Å². The minimum atomic E-state index is -0.768. The van der Waals surface area contributed by atoms with E-state index in [0.717, 1.165) is 18.6 Å². The third-order valence-corrected chi connectivity index (χ3v) is 4.54. The molecule has 3 N–H and O–H groups in total. The maximum Gasteiger partial charge on any atom is 0.323 e. The van der Waals surface area contributed by atoms with Crippen molar-refractivity contribution in [3.05, 3.63) is 0 Å². The average Bonchev–Trinajstić information content (AvgIpc) is 2.33. The predicted octanol–water partition coefficient (Wildman–Crippen LogP) is 2.11. The first-order chi connectivity index (χ1) is 8.52. The fourth-order valence-corrected chi connectivity index (χ4v) is 2.97. The highest BCUT2D eigenvalue weighted by Crippen LogP contribution is 2.22. The molecule has 2 atom stereocenters. The molecule has 0 aliphatic heterocycles. The number of aliphatic carboxylic acids is 1. The van der Waals surface area contributed by atoms with E-state index in [1.165, 1.54) is 0 Å². The molecule has 5 heteroatoms. The Balaban J connectivity index is 4.08. The average molecular weight is 277 g/mol. The van der Waals surface area contributed by atoms with Crippen LogP contribution in [0.3, 0.4) is 0 Å². The number of aliphatic hydroxyl groups excluding tert-OH is 1. The molecular formula is C13H27NO3S. The number of nitrogens with one attached hydrogen (secondary N) is 1. The first kappa shape index (κ1) is 17.7. The lowest BCUT2D eigenvalue weighted by molar-refractivity contribution is -0.145. The molecule has 0 bridgehead atoms. The van der Waals surface area contributed by atoms with E-state index in [1.54, 1.807) is 11.8 Å². The zero-order valence-corrected chi connectivity index (χ0v) is 12.6. The quantitative estimate of drug-likeness (QED) is 0.505. The number of carboxylic acid groups (broad SMARTS) is 1. The van der Waals surface area contributed by atoms with Crippen molar-refractivity contribution in [2.24, 2.45) is 0 Å². The molecule has 0 saturated heterocycles. The van der Waals surface area contributed by atoms with Crippen LogP contribution in [-0.2, 0) is 4.79 Å². The third kappa shape index (κ3) is 6.07. The fourth-order valence-electron chi connectivity index (χ4n) is 1.99. The SMILES string of the molecule is CCNC(CC)(CCCSC(C)CCO)C(=O)O. The Labute approximate surface area is 115 Å². The van der Waals surface area contributed by atoms with E-state index in [0.29, 0.717) is 24.6 Å². The van der Waals surface area contributed by atoms with Crippen LogP contribution in [-0.4, -0.2) is 45.9 Å². The Morgan fingerprint density at radius 1 is 1.44 bits per heavy atom. The largest absolute Gasteiger partial charge is 0.480 e. The van der Waals surface area contributed by atoms with Gasteiger partial charge in [-0.25, -0.2) is 0 Å². The van der Waals surface area contributed by atoms with Gasteiger partial charge in [-0.1, -0.05) is 20.8 Å². The van der Waals surface area contributed by atoms with Crippen LogP contribution < -0.4 is 5.32 Å². The van der Waals surface area contributed by atoms with Gasteiger partial charge in [0, 0.05) is 11.9 Å². The Hall–Kier alpha value is -0.260. The smallest absolute Gasteiger partial charge is 0.323 e. The molecule has 0 radical (unpaired) electrons. The van der Waals surface area contributed by atoms with E-state index in [4.69, 9.17) is 5.11 Å². The molecule has 4 nitrogen and oxygen atoms in total. The summed E-state index contributed by atoms with van der Waals surface area (Å²) in [6, 6.07) is 0. The Morgan fingerprint density at radius 3 is 2.56 bits per heavy atom. The zero-order valence-electron chi connectivity index (χ0n) is 11.7. The van der Waals surface area contributed by atoms with Crippen LogP contribution in [0.25, 0.3) is 0 Å². The summed E-state index contributed by atoms with van der Waals surface area (Å²) in [5, 5.41) is 21.7. The second kappa shape index (κ2) is 9.64. The number of hydrogen-bond acceptors (Lipinski definition) is 4.